The summed E-state index contributed by atoms with van der Waals surface area (Å²) in [6.45, 7) is 4.53. The average molecular weight is 348 g/mol. The van der Waals surface area contributed by atoms with Crippen LogP contribution in [0.2, 0.25) is 0 Å². The van der Waals surface area contributed by atoms with Gasteiger partial charge in [0.05, 0.1) is 6.61 Å². The van der Waals surface area contributed by atoms with E-state index in [2.05, 4.69) is 20.6 Å². The molecule has 0 aliphatic rings. The summed E-state index contributed by atoms with van der Waals surface area (Å²) in [5.41, 5.74) is 2.90. The Morgan fingerprint density at radius 3 is 2.62 bits per heavy atom. The van der Waals surface area contributed by atoms with E-state index < -0.39 is 0 Å². The third-order valence-corrected chi connectivity index (χ3v) is 3.59. The van der Waals surface area contributed by atoms with Crippen LogP contribution in [0.1, 0.15) is 23.0 Å². The first kappa shape index (κ1) is 17.4. The van der Waals surface area contributed by atoms with Crippen LogP contribution >= 0.6 is 0 Å². The number of aryl methyl sites for hydroxylation is 1. The first-order valence-electron chi connectivity index (χ1n) is 8.35. The fourth-order valence-electron chi connectivity index (χ4n) is 2.39. The van der Waals surface area contributed by atoms with Gasteiger partial charge in [-0.05, 0) is 61.9 Å². The van der Waals surface area contributed by atoms with E-state index in [0.717, 1.165) is 22.7 Å². The molecule has 0 saturated heterocycles. The SMILES string of the molecule is CCOc1ccc(Nc2nccc(C(=O)Nc3cccc(C)c3)n2)cc1. The van der Waals surface area contributed by atoms with Crippen LogP contribution in [0.3, 0.4) is 0 Å². The van der Waals surface area contributed by atoms with Crippen molar-refractivity contribution in [3.8, 4) is 5.75 Å². The molecule has 0 fully saturated rings. The molecular weight excluding hydrogens is 328 g/mol. The number of hydrogen-bond acceptors (Lipinski definition) is 5. The maximum Gasteiger partial charge on any atom is 0.274 e. The van der Waals surface area contributed by atoms with Crippen LogP contribution < -0.4 is 15.4 Å². The van der Waals surface area contributed by atoms with Gasteiger partial charge in [0.25, 0.3) is 5.91 Å². The fraction of sp³-hybridized carbons (Fsp3) is 0.150. The summed E-state index contributed by atoms with van der Waals surface area (Å²) in [4.78, 5) is 20.8. The van der Waals surface area contributed by atoms with Crippen LogP contribution in [-0.2, 0) is 0 Å². The molecule has 0 bridgehead atoms. The highest BCUT2D eigenvalue weighted by atomic mass is 16.5. The van der Waals surface area contributed by atoms with Crippen molar-refractivity contribution in [3.63, 3.8) is 0 Å². The maximum absolute atomic E-state index is 12.4. The molecular formula is C20H20N4O2. The minimum atomic E-state index is -0.284. The number of carbonyl (C=O) groups is 1. The van der Waals surface area contributed by atoms with Gasteiger partial charge in [0, 0.05) is 17.6 Å². The van der Waals surface area contributed by atoms with E-state index in [-0.39, 0.29) is 11.6 Å². The van der Waals surface area contributed by atoms with Crippen LogP contribution in [0.4, 0.5) is 17.3 Å². The van der Waals surface area contributed by atoms with Crippen LogP contribution in [0, 0.1) is 6.92 Å². The zero-order valence-corrected chi connectivity index (χ0v) is 14.7. The molecule has 0 atom stereocenters. The van der Waals surface area contributed by atoms with Gasteiger partial charge in [-0.3, -0.25) is 4.79 Å². The number of amides is 1. The molecule has 6 heteroatoms. The summed E-state index contributed by atoms with van der Waals surface area (Å²) in [6, 6.07) is 16.6. The lowest BCUT2D eigenvalue weighted by Gasteiger charge is -2.09. The maximum atomic E-state index is 12.4. The second kappa shape index (κ2) is 8.11. The highest BCUT2D eigenvalue weighted by Gasteiger charge is 2.09. The molecule has 0 aliphatic carbocycles. The summed E-state index contributed by atoms with van der Waals surface area (Å²) in [5.74, 6) is 0.865. The quantitative estimate of drug-likeness (QED) is 0.699. The van der Waals surface area contributed by atoms with Gasteiger partial charge < -0.3 is 15.4 Å². The Hall–Kier alpha value is -3.41. The largest absolute Gasteiger partial charge is 0.494 e. The summed E-state index contributed by atoms with van der Waals surface area (Å²) >= 11 is 0. The lowest BCUT2D eigenvalue weighted by molar-refractivity contribution is 0.102. The van der Waals surface area contributed by atoms with Crippen LogP contribution in [0.25, 0.3) is 0 Å². The molecule has 132 valence electrons. The van der Waals surface area contributed by atoms with E-state index in [9.17, 15) is 4.79 Å². The van der Waals surface area contributed by atoms with E-state index in [1.807, 2.05) is 62.4 Å². The van der Waals surface area contributed by atoms with Crippen molar-refractivity contribution in [1.82, 2.24) is 9.97 Å². The molecule has 2 N–H and O–H groups in total. The fourth-order valence-corrected chi connectivity index (χ4v) is 2.39. The normalized spacial score (nSPS) is 10.2. The third-order valence-electron chi connectivity index (χ3n) is 3.59. The molecule has 0 aliphatic heterocycles. The minimum Gasteiger partial charge on any atom is -0.494 e. The molecule has 1 heterocycles. The van der Waals surface area contributed by atoms with Gasteiger partial charge in [0.1, 0.15) is 11.4 Å². The van der Waals surface area contributed by atoms with Crippen molar-refractivity contribution in [2.75, 3.05) is 17.2 Å². The van der Waals surface area contributed by atoms with E-state index in [4.69, 9.17) is 4.74 Å². The van der Waals surface area contributed by atoms with Crippen LogP contribution in [-0.4, -0.2) is 22.5 Å². The summed E-state index contributed by atoms with van der Waals surface area (Å²) in [6.07, 6.45) is 1.55. The number of aromatic nitrogens is 2. The summed E-state index contributed by atoms with van der Waals surface area (Å²) in [7, 11) is 0. The van der Waals surface area contributed by atoms with Crippen LogP contribution in [0.15, 0.2) is 60.8 Å². The van der Waals surface area contributed by atoms with Gasteiger partial charge >= 0.3 is 0 Å². The first-order chi connectivity index (χ1) is 12.6. The zero-order chi connectivity index (χ0) is 18.4. The Kier molecular flexibility index (Phi) is 5.43. The predicted octanol–water partition coefficient (Wildman–Crippen LogP) is 4.18. The smallest absolute Gasteiger partial charge is 0.274 e. The number of carbonyl (C=O) groups excluding carboxylic acids is 1. The zero-order valence-electron chi connectivity index (χ0n) is 14.7. The molecule has 6 nitrogen and oxygen atoms in total. The van der Waals surface area contributed by atoms with Crippen LogP contribution in [0.5, 0.6) is 5.75 Å². The summed E-state index contributed by atoms with van der Waals surface area (Å²) in [5, 5.41) is 5.92. The Labute approximate surface area is 152 Å². The molecule has 1 aromatic heterocycles. The Morgan fingerprint density at radius 2 is 1.88 bits per heavy atom. The van der Waals surface area contributed by atoms with Gasteiger partial charge in [-0.2, -0.15) is 0 Å². The minimum absolute atomic E-state index is 0.284. The van der Waals surface area contributed by atoms with Crippen molar-refractivity contribution < 1.29 is 9.53 Å². The predicted molar refractivity (Wildman–Crippen MR) is 102 cm³/mol. The molecule has 3 rings (SSSR count). The highest BCUT2D eigenvalue weighted by Crippen LogP contribution is 2.18. The average Bonchev–Trinajstić information content (AvgIpc) is 2.64. The first-order valence-corrected chi connectivity index (χ1v) is 8.35. The Bertz CT molecular complexity index is 894. The Morgan fingerprint density at radius 1 is 1.08 bits per heavy atom. The molecule has 1 amide bonds. The number of benzene rings is 2. The number of hydrogen-bond donors (Lipinski definition) is 2. The molecule has 0 unspecified atom stereocenters. The lowest BCUT2D eigenvalue weighted by Crippen LogP contribution is -2.14. The highest BCUT2D eigenvalue weighted by molar-refractivity contribution is 6.03. The molecule has 26 heavy (non-hydrogen) atoms. The second-order valence-corrected chi connectivity index (χ2v) is 5.67. The second-order valence-electron chi connectivity index (χ2n) is 5.67. The van der Waals surface area contributed by atoms with Gasteiger partial charge in [-0.1, -0.05) is 12.1 Å². The number of ether oxygens (including phenoxy) is 1. The van der Waals surface area contributed by atoms with E-state index >= 15 is 0 Å². The topological polar surface area (TPSA) is 76.1 Å². The van der Waals surface area contributed by atoms with Gasteiger partial charge in [-0.25, -0.2) is 9.97 Å². The molecule has 2 aromatic carbocycles. The van der Waals surface area contributed by atoms with Gasteiger partial charge in [0.2, 0.25) is 5.95 Å². The van der Waals surface area contributed by atoms with Crippen molar-refractivity contribution in [1.29, 1.82) is 0 Å². The monoisotopic (exact) mass is 348 g/mol. The summed E-state index contributed by atoms with van der Waals surface area (Å²) < 4.78 is 5.41. The number of rotatable bonds is 6. The number of nitrogens with one attached hydrogen (secondary N) is 2. The third kappa shape index (κ3) is 4.57. The van der Waals surface area contributed by atoms with Crippen molar-refractivity contribution in [2.24, 2.45) is 0 Å². The number of anilines is 3. The molecule has 3 aromatic rings. The van der Waals surface area contributed by atoms with E-state index in [1.165, 1.54) is 0 Å². The number of nitrogens with zero attached hydrogens (tertiary/aromatic N) is 2. The Balaban J connectivity index is 1.70. The van der Waals surface area contributed by atoms with E-state index in [1.54, 1.807) is 12.3 Å². The van der Waals surface area contributed by atoms with Crippen molar-refractivity contribution >= 4 is 23.2 Å². The van der Waals surface area contributed by atoms with E-state index in [0.29, 0.717) is 12.6 Å². The molecule has 0 spiro atoms. The van der Waals surface area contributed by atoms with Crippen molar-refractivity contribution in [2.45, 2.75) is 13.8 Å². The van der Waals surface area contributed by atoms with Crippen molar-refractivity contribution in [3.05, 3.63) is 72.1 Å². The van der Waals surface area contributed by atoms with Gasteiger partial charge in [-0.15, -0.1) is 0 Å². The molecule has 0 radical (unpaired) electrons. The lowest BCUT2D eigenvalue weighted by atomic mass is 10.2. The standard InChI is InChI=1S/C20H20N4O2/c1-3-26-17-9-7-15(8-10-17)23-20-21-12-11-18(24-20)19(25)22-16-6-4-5-14(2)13-16/h4-13H,3H2,1-2H3,(H,22,25)(H,21,23,24). The van der Waals surface area contributed by atoms with Gasteiger partial charge in [0.15, 0.2) is 0 Å². The molecule has 0 saturated carbocycles.